The number of ether oxygens (including phenoxy) is 2. The molecule has 1 N–H and O–H groups in total. The number of hydrogen-bond donors (Lipinski definition) is 1. The largest absolute Gasteiger partial charge is 0.497 e. The van der Waals surface area contributed by atoms with E-state index in [0.717, 1.165) is 28.0 Å². The van der Waals surface area contributed by atoms with E-state index >= 15 is 0 Å². The highest BCUT2D eigenvalue weighted by Gasteiger charge is 2.13. The number of hydrogen-bond acceptors (Lipinski definition) is 6. The fourth-order valence-corrected chi connectivity index (χ4v) is 3.53. The topological polar surface area (TPSA) is 73.6 Å². The quantitative estimate of drug-likeness (QED) is 0.511. The van der Waals surface area contributed by atoms with Crippen molar-refractivity contribution in [3.8, 4) is 23.0 Å². The first-order valence-electron chi connectivity index (χ1n) is 8.61. The van der Waals surface area contributed by atoms with Gasteiger partial charge in [-0.25, -0.2) is 4.98 Å². The smallest absolute Gasteiger partial charge is 0.230 e. The zero-order valence-electron chi connectivity index (χ0n) is 15.4. The average molecular weight is 394 g/mol. The lowest BCUT2D eigenvalue weighted by molar-refractivity contribution is -0.115. The monoisotopic (exact) mass is 394 g/mol. The summed E-state index contributed by atoms with van der Waals surface area (Å²) >= 11 is 1.36. The van der Waals surface area contributed by atoms with Gasteiger partial charge in [-0.1, -0.05) is 12.1 Å². The van der Waals surface area contributed by atoms with E-state index in [-0.39, 0.29) is 12.3 Å². The van der Waals surface area contributed by atoms with Crippen molar-refractivity contribution in [2.45, 2.75) is 6.42 Å². The fourth-order valence-electron chi connectivity index (χ4n) is 2.81. The lowest BCUT2D eigenvalue weighted by atomic mass is 10.1. The molecule has 0 aliphatic carbocycles. The molecule has 4 aromatic rings. The Balaban J connectivity index is 1.45. The predicted octanol–water partition coefficient (Wildman–Crippen LogP) is 4.75. The Bertz CT molecular complexity index is 1120. The van der Waals surface area contributed by atoms with Crippen LogP contribution >= 0.6 is 11.3 Å². The molecular formula is C21H18N2O4S. The third kappa shape index (κ3) is 3.84. The number of rotatable bonds is 6. The summed E-state index contributed by atoms with van der Waals surface area (Å²) in [5.41, 5.74) is 2.34. The minimum Gasteiger partial charge on any atom is -0.497 e. The van der Waals surface area contributed by atoms with Gasteiger partial charge in [0.1, 0.15) is 22.8 Å². The number of carbonyl (C=O) groups is 1. The number of thiazole rings is 1. The molecule has 7 heteroatoms. The van der Waals surface area contributed by atoms with E-state index in [0.29, 0.717) is 16.6 Å². The SMILES string of the molecule is COc1ccc(CC(=O)Nc2nc(-c3cc4cc(OC)ccc4o3)cs2)cc1. The van der Waals surface area contributed by atoms with Gasteiger partial charge in [0.2, 0.25) is 5.91 Å². The summed E-state index contributed by atoms with van der Waals surface area (Å²) in [7, 11) is 3.24. The summed E-state index contributed by atoms with van der Waals surface area (Å²) in [4.78, 5) is 16.7. The van der Waals surface area contributed by atoms with Crippen LogP contribution in [0.15, 0.2) is 58.3 Å². The first-order chi connectivity index (χ1) is 13.6. The van der Waals surface area contributed by atoms with Crippen molar-refractivity contribution in [1.82, 2.24) is 4.98 Å². The van der Waals surface area contributed by atoms with Crippen LogP contribution in [0.3, 0.4) is 0 Å². The van der Waals surface area contributed by atoms with Crippen LogP contribution in [0, 0.1) is 0 Å². The van der Waals surface area contributed by atoms with Crippen LogP contribution in [0.25, 0.3) is 22.4 Å². The molecule has 28 heavy (non-hydrogen) atoms. The number of methoxy groups -OCH3 is 2. The van der Waals surface area contributed by atoms with Crippen LogP contribution in [0.1, 0.15) is 5.56 Å². The van der Waals surface area contributed by atoms with Crippen LogP contribution in [0.4, 0.5) is 5.13 Å². The van der Waals surface area contributed by atoms with Crippen LogP contribution < -0.4 is 14.8 Å². The van der Waals surface area contributed by atoms with Crippen LogP contribution in [-0.4, -0.2) is 25.1 Å². The maximum absolute atomic E-state index is 12.3. The van der Waals surface area contributed by atoms with Gasteiger partial charge in [0.05, 0.1) is 20.6 Å². The predicted molar refractivity (Wildman–Crippen MR) is 109 cm³/mol. The van der Waals surface area contributed by atoms with E-state index in [1.165, 1.54) is 11.3 Å². The summed E-state index contributed by atoms with van der Waals surface area (Å²) in [5, 5.41) is 6.17. The van der Waals surface area contributed by atoms with E-state index in [9.17, 15) is 4.79 Å². The van der Waals surface area contributed by atoms with Crippen molar-refractivity contribution in [2.24, 2.45) is 0 Å². The molecule has 0 radical (unpaired) electrons. The van der Waals surface area contributed by atoms with E-state index in [1.54, 1.807) is 14.2 Å². The number of carbonyl (C=O) groups excluding carboxylic acids is 1. The number of amides is 1. The molecule has 0 aliphatic rings. The molecule has 1 amide bonds. The zero-order chi connectivity index (χ0) is 19.5. The number of anilines is 1. The fraction of sp³-hybridized carbons (Fsp3) is 0.143. The first-order valence-corrected chi connectivity index (χ1v) is 9.49. The molecule has 0 atom stereocenters. The molecule has 0 unspecified atom stereocenters. The zero-order valence-corrected chi connectivity index (χ0v) is 16.2. The number of benzene rings is 2. The van der Waals surface area contributed by atoms with Crippen molar-refractivity contribution < 1.29 is 18.7 Å². The number of fused-ring (bicyclic) bond motifs is 1. The van der Waals surface area contributed by atoms with Gasteiger partial charge >= 0.3 is 0 Å². The van der Waals surface area contributed by atoms with Crippen LogP contribution in [0.5, 0.6) is 11.5 Å². The Morgan fingerprint density at radius 1 is 1.07 bits per heavy atom. The highest BCUT2D eigenvalue weighted by atomic mass is 32.1. The van der Waals surface area contributed by atoms with Gasteiger partial charge in [-0.15, -0.1) is 11.3 Å². The van der Waals surface area contributed by atoms with Crippen LogP contribution in [0.2, 0.25) is 0 Å². The lowest BCUT2D eigenvalue weighted by Gasteiger charge is -2.03. The van der Waals surface area contributed by atoms with Crippen molar-refractivity contribution in [3.63, 3.8) is 0 Å². The summed E-state index contributed by atoms with van der Waals surface area (Å²) in [6.45, 7) is 0. The molecule has 4 rings (SSSR count). The maximum atomic E-state index is 12.3. The van der Waals surface area contributed by atoms with Gasteiger partial charge in [0.25, 0.3) is 0 Å². The van der Waals surface area contributed by atoms with E-state index in [2.05, 4.69) is 10.3 Å². The molecule has 2 aromatic heterocycles. The Morgan fingerprint density at radius 3 is 2.57 bits per heavy atom. The Kier molecular flexibility index (Phi) is 4.99. The molecule has 0 fully saturated rings. The van der Waals surface area contributed by atoms with Gasteiger partial charge in [-0.05, 0) is 42.0 Å². The highest BCUT2D eigenvalue weighted by molar-refractivity contribution is 7.14. The van der Waals surface area contributed by atoms with Crippen molar-refractivity contribution in [1.29, 1.82) is 0 Å². The van der Waals surface area contributed by atoms with Gasteiger partial charge in [0, 0.05) is 10.8 Å². The van der Waals surface area contributed by atoms with Crippen LogP contribution in [-0.2, 0) is 11.2 Å². The lowest BCUT2D eigenvalue weighted by Crippen LogP contribution is -2.14. The number of nitrogens with one attached hydrogen (secondary N) is 1. The molecular weight excluding hydrogens is 376 g/mol. The molecule has 0 aliphatic heterocycles. The maximum Gasteiger partial charge on any atom is 0.230 e. The van der Waals surface area contributed by atoms with E-state index in [1.807, 2.05) is 53.9 Å². The van der Waals surface area contributed by atoms with Gasteiger partial charge < -0.3 is 19.2 Å². The second-order valence-corrected chi connectivity index (χ2v) is 6.98. The second kappa shape index (κ2) is 7.74. The molecule has 142 valence electrons. The van der Waals surface area contributed by atoms with Gasteiger partial charge in [-0.2, -0.15) is 0 Å². The normalized spacial score (nSPS) is 10.8. The average Bonchev–Trinajstić information content (AvgIpc) is 3.34. The minimum atomic E-state index is -0.125. The Morgan fingerprint density at radius 2 is 1.82 bits per heavy atom. The highest BCUT2D eigenvalue weighted by Crippen LogP contribution is 2.32. The summed E-state index contributed by atoms with van der Waals surface area (Å²) in [6, 6.07) is 14.9. The Hall–Kier alpha value is -3.32. The standard InChI is InChI=1S/C21H18N2O4S/c1-25-15-5-3-13(4-6-15)9-20(24)23-21-22-17(12-28-21)19-11-14-10-16(26-2)7-8-18(14)27-19/h3-8,10-12H,9H2,1-2H3,(H,22,23,24). The van der Waals surface area contributed by atoms with Gasteiger partial charge in [0.15, 0.2) is 10.9 Å². The number of aromatic nitrogens is 1. The van der Waals surface area contributed by atoms with Crippen molar-refractivity contribution >= 4 is 33.3 Å². The summed E-state index contributed by atoms with van der Waals surface area (Å²) in [6.07, 6.45) is 0.267. The molecule has 0 spiro atoms. The van der Waals surface area contributed by atoms with Crippen molar-refractivity contribution in [2.75, 3.05) is 19.5 Å². The first kappa shape index (κ1) is 18.1. The molecule has 2 aromatic carbocycles. The minimum absolute atomic E-state index is 0.125. The van der Waals surface area contributed by atoms with E-state index in [4.69, 9.17) is 13.9 Å². The van der Waals surface area contributed by atoms with Crippen molar-refractivity contribution in [3.05, 3.63) is 59.5 Å². The Labute approximate surface area is 165 Å². The number of nitrogens with zero attached hydrogens (tertiary/aromatic N) is 1. The third-order valence-corrected chi connectivity index (χ3v) is 5.01. The van der Waals surface area contributed by atoms with E-state index < -0.39 is 0 Å². The molecule has 0 bridgehead atoms. The third-order valence-electron chi connectivity index (χ3n) is 4.25. The molecule has 0 saturated carbocycles. The molecule has 2 heterocycles. The summed E-state index contributed by atoms with van der Waals surface area (Å²) in [5.74, 6) is 2.05. The summed E-state index contributed by atoms with van der Waals surface area (Å²) < 4.78 is 16.2. The molecule has 6 nitrogen and oxygen atoms in total. The second-order valence-electron chi connectivity index (χ2n) is 6.13. The molecule has 0 saturated heterocycles. The van der Waals surface area contributed by atoms with Gasteiger partial charge in [-0.3, -0.25) is 4.79 Å². The number of furan rings is 1.